The Morgan fingerprint density at radius 3 is 3.00 bits per heavy atom. The van der Waals surface area contributed by atoms with Crippen LogP contribution >= 0.6 is 15.9 Å². The van der Waals surface area contributed by atoms with Crippen molar-refractivity contribution in [3.05, 3.63) is 40.0 Å². The minimum Gasteiger partial charge on any atom is -0.369 e. The molecule has 1 atom stereocenters. The number of nitrogens with one attached hydrogen (secondary N) is 1. The first kappa shape index (κ1) is 13.0. The van der Waals surface area contributed by atoms with Crippen LogP contribution in [0.3, 0.4) is 0 Å². The molecule has 1 aliphatic heterocycles. The van der Waals surface area contributed by atoms with Crippen LogP contribution in [0, 0.1) is 5.82 Å². The molecule has 8 heteroatoms. The molecule has 104 valence electrons. The summed E-state index contributed by atoms with van der Waals surface area (Å²) in [6.07, 6.45) is 1.91. The van der Waals surface area contributed by atoms with E-state index in [0.717, 1.165) is 6.42 Å². The van der Waals surface area contributed by atoms with E-state index in [1.54, 1.807) is 10.7 Å². The second-order valence-corrected chi connectivity index (χ2v) is 5.25. The predicted molar refractivity (Wildman–Crippen MR) is 73.9 cm³/mol. The van der Waals surface area contributed by atoms with E-state index in [0.29, 0.717) is 22.5 Å². The second kappa shape index (κ2) is 4.86. The molecule has 3 heterocycles. The highest BCUT2D eigenvalue weighted by Crippen LogP contribution is 2.35. The average molecular weight is 340 g/mol. The maximum atomic E-state index is 13.0. The molecule has 2 aromatic rings. The number of carbonyl (C=O) groups excluding carboxylic acids is 1. The van der Waals surface area contributed by atoms with Gasteiger partial charge in [-0.25, -0.2) is 9.07 Å². The fourth-order valence-corrected chi connectivity index (χ4v) is 2.86. The van der Waals surface area contributed by atoms with Gasteiger partial charge in [0.2, 0.25) is 0 Å². The summed E-state index contributed by atoms with van der Waals surface area (Å²) in [6.45, 7) is 0.701. The van der Waals surface area contributed by atoms with Crippen molar-refractivity contribution in [2.75, 3.05) is 11.9 Å². The number of primary amides is 1. The van der Waals surface area contributed by atoms with Crippen LogP contribution in [0.4, 0.5) is 10.2 Å². The highest BCUT2D eigenvalue weighted by atomic mass is 79.9. The van der Waals surface area contributed by atoms with Gasteiger partial charge in [-0.3, -0.25) is 9.78 Å². The SMILES string of the molecule is NC(=O)c1nn2c(c1Br)NCCC2c1ccc(F)cn1. The summed E-state index contributed by atoms with van der Waals surface area (Å²) in [5, 5.41) is 7.39. The number of nitrogens with zero attached hydrogens (tertiary/aromatic N) is 3. The number of fused-ring (bicyclic) bond motifs is 1. The van der Waals surface area contributed by atoms with Crippen LogP contribution in [-0.4, -0.2) is 27.2 Å². The maximum absolute atomic E-state index is 13.0. The number of pyridine rings is 1. The lowest BCUT2D eigenvalue weighted by Crippen LogP contribution is -2.25. The van der Waals surface area contributed by atoms with E-state index >= 15 is 0 Å². The molecule has 1 aliphatic rings. The third-order valence-corrected chi connectivity index (χ3v) is 3.93. The van der Waals surface area contributed by atoms with Gasteiger partial charge in [-0.15, -0.1) is 0 Å². The summed E-state index contributed by atoms with van der Waals surface area (Å²) in [4.78, 5) is 15.4. The molecule has 3 rings (SSSR count). The van der Waals surface area contributed by atoms with Gasteiger partial charge in [-0.2, -0.15) is 5.10 Å². The smallest absolute Gasteiger partial charge is 0.270 e. The van der Waals surface area contributed by atoms with Gasteiger partial charge in [-0.05, 0) is 34.5 Å². The van der Waals surface area contributed by atoms with Crippen molar-refractivity contribution in [2.45, 2.75) is 12.5 Å². The summed E-state index contributed by atoms with van der Waals surface area (Å²) in [7, 11) is 0. The van der Waals surface area contributed by atoms with Gasteiger partial charge in [0.15, 0.2) is 5.69 Å². The molecular formula is C12H11BrFN5O. The average Bonchev–Trinajstić information content (AvgIpc) is 2.78. The third-order valence-electron chi connectivity index (χ3n) is 3.18. The van der Waals surface area contributed by atoms with Crippen LogP contribution < -0.4 is 11.1 Å². The quantitative estimate of drug-likeness (QED) is 0.871. The standard InChI is InChI=1S/C12H11BrFN5O/c13-9-10(11(15)20)18-19-8(3-4-16-12(9)19)7-2-1-6(14)5-17-7/h1-2,5,8,16H,3-4H2,(H2,15,20). The number of anilines is 1. The van der Waals surface area contributed by atoms with E-state index in [1.165, 1.54) is 12.3 Å². The summed E-state index contributed by atoms with van der Waals surface area (Å²) in [5.41, 5.74) is 6.16. The molecule has 0 saturated heterocycles. The number of nitrogens with two attached hydrogens (primary N) is 1. The molecule has 1 amide bonds. The van der Waals surface area contributed by atoms with E-state index in [2.05, 4.69) is 31.3 Å². The molecule has 0 spiro atoms. The molecule has 0 aliphatic carbocycles. The molecule has 2 aromatic heterocycles. The van der Waals surface area contributed by atoms with Crippen molar-refractivity contribution in [3.63, 3.8) is 0 Å². The largest absolute Gasteiger partial charge is 0.369 e. The molecule has 20 heavy (non-hydrogen) atoms. The summed E-state index contributed by atoms with van der Waals surface area (Å²) in [5.74, 6) is -0.310. The van der Waals surface area contributed by atoms with Gasteiger partial charge >= 0.3 is 0 Å². The molecule has 0 bridgehead atoms. The molecular weight excluding hydrogens is 329 g/mol. The topological polar surface area (TPSA) is 85.8 Å². The summed E-state index contributed by atoms with van der Waals surface area (Å²) in [6, 6.07) is 2.82. The van der Waals surface area contributed by atoms with Gasteiger partial charge in [-0.1, -0.05) is 0 Å². The lowest BCUT2D eigenvalue weighted by molar-refractivity contribution is 0.0994. The van der Waals surface area contributed by atoms with E-state index in [9.17, 15) is 9.18 Å². The van der Waals surface area contributed by atoms with Gasteiger partial charge in [0, 0.05) is 6.54 Å². The Labute approximate surface area is 122 Å². The first-order chi connectivity index (χ1) is 9.58. The fourth-order valence-electron chi connectivity index (χ4n) is 2.26. The Balaban J connectivity index is 2.08. The Hall–Kier alpha value is -1.96. The van der Waals surface area contributed by atoms with Crippen molar-refractivity contribution >= 4 is 27.7 Å². The highest BCUT2D eigenvalue weighted by molar-refractivity contribution is 9.10. The summed E-state index contributed by atoms with van der Waals surface area (Å²) >= 11 is 3.32. The fraction of sp³-hybridized carbons (Fsp3) is 0.250. The summed E-state index contributed by atoms with van der Waals surface area (Å²) < 4.78 is 15.2. The number of carbonyl (C=O) groups is 1. The molecule has 0 aromatic carbocycles. The number of hydrogen-bond donors (Lipinski definition) is 2. The zero-order valence-corrected chi connectivity index (χ0v) is 11.9. The van der Waals surface area contributed by atoms with Crippen LogP contribution in [0.2, 0.25) is 0 Å². The zero-order chi connectivity index (χ0) is 14.3. The number of rotatable bonds is 2. The first-order valence-electron chi connectivity index (χ1n) is 6.01. The minimum absolute atomic E-state index is 0.156. The monoisotopic (exact) mass is 339 g/mol. The van der Waals surface area contributed by atoms with Gasteiger partial charge in [0.1, 0.15) is 11.6 Å². The van der Waals surface area contributed by atoms with Gasteiger partial charge in [0.05, 0.1) is 22.4 Å². The van der Waals surface area contributed by atoms with Crippen LogP contribution in [0.5, 0.6) is 0 Å². The van der Waals surface area contributed by atoms with Crippen molar-refractivity contribution in [1.29, 1.82) is 0 Å². The van der Waals surface area contributed by atoms with Crippen LogP contribution in [0.25, 0.3) is 0 Å². The van der Waals surface area contributed by atoms with Crippen molar-refractivity contribution in [3.8, 4) is 0 Å². The Kier molecular flexibility index (Phi) is 3.17. The van der Waals surface area contributed by atoms with Gasteiger partial charge < -0.3 is 11.1 Å². The van der Waals surface area contributed by atoms with Crippen LogP contribution in [0.15, 0.2) is 22.8 Å². The highest BCUT2D eigenvalue weighted by Gasteiger charge is 2.28. The second-order valence-electron chi connectivity index (χ2n) is 4.45. The van der Waals surface area contributed by atoms with Gasteiger partial charge in [0.25, 0.3) is 5.91 Å². The molecule has 0 saturated carbocycles. The predicted octanol–water partition coefficient (Wildman–Crippen LogP) is 1.68. The number of hydrogen-bond acceptors (Lipinski definition) is 4. The molecule has 0 fully saturated rings. The van der Waals surface area contributed by atoms with Crippen molar-refractivity contribution in [2.24, 2.45) is 5.73 Å². The van der Waals surface area contributed by atoms with Crippen LogP contribution in [0.1, 0.15) is 28.6 Å². The first-order valence-corrected chi connectivity index (χ1v) is 6.80. The lowest BCUT2D eigenvalue weighted by atomic mass is 10.1. The number of halogens is 2. The van der Waals surface area contributed by atoms with E-state index in [4.69, 9.17) is 5.73 Å². The molecule has 6 nitrogen and oxygen atoms in total. The molecule has 3 N–H and O–H groups in total. The number of amides is 1. The zero-order valence-electron chi connectivity index (χ0n) is 10.3. The normalized spacial score (nSPS) is 17.4. The van der Waals surface area contributed by atoms with Crippen LogP contribution in [-0.2, 0) is 0 Å². The number of aromatic nitrogens is 3. The Morgan fingerprint density at radius 2 is 2.35 bits per heavy atom. The van der Waals surface area contributed by atoms with E-state index in [-0.39, 0.29) is 17.6 Å². The third kappa shape index (κ3) is 2.05. The minimum atomic E-state index is -0.605. The molecule has 0 radical (unpaired) electrons. The van der Waals surface area contributed by atoms with E-state index < -0.39 is 5.91 Å². The maximum Gasteiger partial charge on any atom is 0.270 e. The van der Waals surface area contributed by atoms with E-state index in [1.807, 2.05) is 0 Å². The van der Waals surface area contributed by atoms with Crippen molar-refractivity contribution < 1.29 is 9.18 Å². The lowest BCUT2D eigenvalue weighted by Gasteiger charge is -2.25. The Morgan fingerprint density at radius 1 is 1.55 bits per heavy atom. The Bertz CT molecular complexity index is 669. The molecule has 1 unspecified atom stereocenters. The van der Waals surface area contributed by atoms with Crippen molar-refractivity contribution in [1.82, 2.24) is 14.8 Å².